The van der Waals surface area contributed by atoms with Gasteiger partial charge in [0.15, 0.2) is 5.69 Å². The maximum atomic E-state index is 11.5. The summed E-state index contributed by atoms with van der Waals surface area (Å²) in [6.45, 7) is 9.83. The summed E-state index contributed by atoms with van der Waals surface area (Å²) in [6.07, 6.45) is 1.09. The van der Waals surface area contributed by atoms with Gasteiger partial charge >= 0.3 is 0 Å². The van der Waals surface area contributed by atoms with E-state index in [2.05, 4.69) is 41.6 Å². The first-order valence-corrected chi connectivity index (χ1v) is 6.34. The maximum Gasteiger partial charge on any atom is 0.271 e. The van der Waals surface area contributed by atoms with Gasteiger partial charge in [0.2, 0.25) is 0 Å². The number of hydrogen-bond acceptors (Lipinski definition) is 4. The monoisotopic (exact) mass is 250 g/mol. The van der Waals surface area contributed by atoms with Gasteiger partial charge in [-0.2, -0.15) is 0 Å². The van der Waals surface area contributed by atoms with E-state index in [4.69, 9.17) is 0 Å². The van der Waals surface area contributed by atoms with Crippen LogP contribution in [0.15, 0.2) is 12.1 Å². The zero-order valence-electron chi connectivity index (χ0n) is 11.6. The molecule has 0 spiro atoms. The van der Waals surface area contributed by atoms with Gasteiger partial charge in [0, 0.05) is 13.1 Å². The molecule has 1 aromatic rings. The highest BCUT2D eigenvalue weighted by atomic mass is 16.1. The molecule has 1 rings (SSSR count). The number of carbonyl (C=O) groups is 1. The van der Waals surface area contributed by atoms with Crippen molar-refractivity contribution in [3.8, 4) is 0 Å². The van der Waals surface area contributed by atoms with E-state index in [-0.39, 0.29) is 11.3 Å². The molecule has 1 heterocycles. The minimum absolute atomic E-state index is 0.189. The lowest BCUT2D eigenvalue weighted by atomic mass is 9.90. The van der Waals surface area contributed by atoms with Crippen LogP contribution in [0.25, 0.3) is 0 Å². The molecule has 0 bridgehead atoms. The van der Waals surface area contributed by atoms with E-state index >= 15 is 0 Å². The van der Waals surface area contributed by atoms with Crippen molar-refractivity contribution in [3.63, 3.8) is 0 Å². The summed E-state index contributed by atoms with van der Waals surface area (Å²) in [4.78, 5) is 11.5. The van der Waals surface area contributed by atoms with E-state index in [1.54, 1.807) is 12.1 Å². The molecule has 18 heavy (non-hydrogen) atoms. The van der Waals surface area contributed by atoms with Gasteiger partial charge in [-0.1, -0.05) is 20.8 Å². The van der Waals surface area contributed by atoms with E-state index in [1.807, 2.05) is 6.92 Å². The Morgan fingerprint density at radius 2 is 2.00 bits per heavy atom. The predicted octanol–water partition coefficient (Wildman–Crippen LogP) is 2.07. The standard InChI is InChI=1S/C13H22N4O/c1-5-13(3,4)9-15-11-8-7-10(16-17-11)12(18)14-6-2/h7-8H,5-6,9H2,1-4H3,(H,14,18)(H,15,17). The van der Waals surface area contributed by atoms with E-state index in [0.29, 0.717) is 18.1 Å². The number of aromatic nitrogens is 2. The van der Waals surface area contributed by atoms with Crippen LogP contribution in [0.2, 0.25) is 0 Å². The fourth-order valence-corrected chi connectivity index (χ4v) is 1.25. The third-order valence-electron chi connectivity index (χ3n) is 2.94. The Morgan fingerprint density at radius 3 is 2.50 bits per heavy atom. The highest BCUT2D eigenvalue weighted by Gasteiger charge is 2.15. The smallest absolute Gasteiger partial charge is 0.271 e. The topological polar surface area (TPSA) is 66.9 Å². The molecule has 0 aromatic carbocycles. The van der Waals surface area contributed by atoms with Crippen LogP contribution in [0.5, 0.6) is 0 Å². The fraction of sp³-hybridized carbons (Fsp3) is 0.615. The van der Waals surface area contributed by atoms with Crippen LogP contribution in [-0.4, -0.2) is 29.2 Å². The van der Waals surface area contributed by atoms with Gasteiger partial charge in [-0.3, -0.25) is 4.79 Å². The zero-order chi connectivity index (χ0) is 13.6. The molecule has 0 unspecified atom stereocenters. The van der Waals surface area contributed by atoms with E-state index in [1.165, 1.54) is 0 Å². The third-order valence-corrected chi connectivity index (χ3v) is 2.94. The molecule has 0 aliphatic carbocycles. The molecular formula is C13H22N4O. The zero-order valence-corrected chi connectivity index (χ0v) is 11.6. The number of rotatable bonds is 6. The normalized spacial score (nSPS) is 11.1. The number of nitrogens with one attached hydrogen (secondary N) is 2. The highest BCUT2D eigenvalue weighted by molar-refractivity contribution is 5.92. The Balaban J connectivity index is 2.58. The van der Waals surface area contributed by atoms with Crippen molar-refractivity contribution in [1.82, 2.24) is 15.5 Å². The van der Waals surface area contributed by atoms with E-state index in [0.717, 1.165) is 13.0 Å². The number of amides is 1. The first-order valence-electron chi connectivity index (χ1n) is 6.34. The van der Waals surface area contributed by atoms with Crippen molar-refractivity contribution in [2.75, 3.05) is 18.4 Å². The van der Waals surface area contributed by atoms with Gasteiger partial charge in [-0.05, 0) is 30.9 Å². The Hall–Kier alpha value is -1.65. The van der Waals surface area contributed by atoms with Gasteiger partial charge < -0.3 is 10.6 Å². The fourth-order valence-electron chi connectivity index (χ4n) is 1.25. The summed E-state index contributed by atoms with van der Waals surface area (Å²) in [7, 11) is 0. The van der Waals surface area contributed by atoms with Crippen molar-refractivity contribution >= 4 is 11.7 Å². The van der Waals surface area contributed by atoms with Gasteiger partial charge in [-0.15, -0.1) is 10.2 Å². The van der Waals surface area contributed by atoms with Crippen molar-refractivity contribution in [2.45, 2.75) is 34.1 Å². The summed E-state index contributed by atoms with van der Waals surface area (Å²) in [5, 5.41) is 13.8. The van der Waals surface area contributed by atoms with E-state index < -0.39 is 0 Å². The lowest BCUT2D eigenvalue weighted by Gasteiger charge is -2.22. The van der Waals surface area contributed by atoms with Crippen LogP contribution in [-0.2, 0) is 0 Å². The second kappa shape index (κ2) is 6.33. The number of anilines is 1. The molecule has 1 amide bonds. The molecule has 1 aromatic heterocycles. The number of nitrogens with zero attached hydrogens (tertiary/aromatic N) is 2. The Morgan fingerprint density at radius 1 is 1.28 bits per heavy atom. The minimum atomic E-state index is -0.189. The lowest BCUT2D eigenvalue weighted by Crippen LogP contribution is -2.25. The molecule has 0 saturated heterocycles. The Bertz CT molecular complexity index is 386. The molecule has 0 aliphatic rings. The summed E-state index contributed by atoms with van der Waals surface area (Å²) in [5.41, 5.74) is 0.567. The summed E-state index contributed by atoms with van der Waals surface area (Å²) >= 11 is 0. The minimum Gasteiger partial charge on any atom is -0.368 e. The van der Waals surface area contributed by atoms with Crippen molar-refractivity contribution < 1.29 is 4.79 Å². The van der Waals surface area contributed by atoms with Crippen LogP contribution in [0.4, 0.5) is 5.82 Å². The van der Waals surface area contributed by atoms with Crippen molar-refractivity contribution in [3.05, 3.63) is 17.8 Å². The largest absolute Gasteiger partial charge is 0.368 e. The molecule has 0 radical (unpaired) electrons. The van der Waals surface area contributed by atoms with Crippen LogP contribution < -0.4 is 10.6 Å². The average molecular weight is 250 g/mol. The summed E-state index contributed by atoms with van der Waals surface area (Å²) < 4.78 is 0. The predicted molar refractivity (Wildman–Crippen MR) is 72.6 cm³/mol. The third kappa shape index (κ3) is 4.31. The Kier molecular flexibility index (Phi) is 5.07. The molecular weight excluding hydrogens is 228 g/mol. The van der Waals surface area contributed by atoms with Crippen LogP contribution in [0.1, 0.15) is 44.6 Å². The lowest BCUT2D eigenvalue weighted by molar-refractivity contribution is 0.0950. The summed E-state index contributed by atoms with van der Waals surface area (Å²) in [5.74, 6) is 0.509. The van der Waals surface area contributed by atoms with Crippen molar-refractivity contribution in [1.29, 1.82) is 0 Å². The molecule has 0 fully saturated rings. The van der Waals surface area contributed by atoms with Crippen LogP contribution in [0, 0.1) is 5.41 Å². The number of hydrogen-bond donors (Lipinski definition) is 2. The van der Waals surface area contributed by atoms with Crippen LogP contribution >= 0.6 is 0 Å². The second-order valence-corrected chi connectivity index (χ2v) is 5.03. The van der Waals surface area contributed by atoms with Gasteiger partial charge in [0.25, 0.3) is 5.91 Å². The molecule has 0 atom stereocenters. The average Bonchev–Trinajstić information content (AvgIpc) is 2.37. The first-order chi connectivity index (χ1) is 8.48. The van der Waals surface area contributed by atoms with E-state index in [9.17, 15) is 4.79 Å². The molecule has 100 valence electrons. The first kappa shape index (κ1) is 14.4. The number of carbonyl (C=O) groups excluding carboxylic acids is 1. The van der Waals surface area contributed by atoms with Gasteiger partial charge in [0.05, 0.1) is 0 Å². The molecule has 0 aliphatic heterocycles. The highest BCUT2D eigenvalue weighted by Crippen LogP contribution is 2.19. The molecule has 0 saturated carbocycles. The quantitative estimate of drug-likeness (QED) is 0.811. The Labute approximate surface area is 108 Å². The molecule has 2 N–H and O–H groups in total. The van der Waals surface area contributed by atoms with Crippen LogP contribution in [0.3, 0.4) is 0 Å². The second-order valence-electron chi connectivity index (χ2n) is 5.03. The van der Waals surface area contributed by atoms with Gasteiger partial charge in [0.1, 0.15) is 5.82 Å². The molecule has 5 heteroatoms. The van der Waals surface area contributed by atoms with Crippen molar-refractivity contribution in [2.24, 2.45) is 5.41 Å². The maximum absolute atomic E-state index is 11.5. The van der Waals surface area contributed by atoms with Gasteiger partial charge in [-0.25, -0.2) is 0 Å². The summed E-state index contributed by atoms with van der Waals surface area (Å²) in [6, 6.07) is 3.46. The molecule has 5 nitrogen and oxygen atoms in total. The SMILES string of the molecule is CCNC(=O)c1ccc(NCC(C)(C)CC)nn1.